The van der Waals surface area contributed by atoms with Gasteiger partial charge in [0.1, 0.15) is 0 Å². The van der Waals surface area contributed by atoms with Crippen molar-refractivity contribution in [2.45, 2.75) is 488 Å². The fourth-order valence-electron chi connectivity index (χ4n) is 15.8. The van der Waals surface area contributed by atoms with E-state index in [2.05, 4.69) is 270 Å². The molecule has 7 aliphatic rings. The summed E-state index contributed by atoms with van der Waals surface area (Å²) < 4.78 is 0. The van der Waals surface area contributed by atoms with Crippen molar-refractivity contribution in [2.75, 3.05) is 52.4 Å². The zero-order chi connectivity index (χ0) is 74.2. The second-order valence-electron chi connectivity index (χ2n) is 39.0. The molecule has 7 atom stereocenters. The van der Waals surface area contributed by atoms with E-state index in [0.717, 1.165) is 42.2 Å². The fraction of sp³-hybridized carbons (Fsp3) is 1.00. The molecule has 4 unspecified atom stereocenters. The molecule has 7 heteroatoms. The first kappa shape index (κ1) is 99.1. The maximum Gasteiger partial charge on any atom is 0.0149 e. The third-order valence-corrected chi connectivity index (χ3v) is 20.5. The summed E-state index contributed by atoms with van der Waals surface area (Å²) >= 11 is 0. The summed E-state index contributed by atoms with van der Waals surface area (Å²) in [4.78, 5) is 18.5. The fourth-order valence-corrected chi connectivity index (χ4v) is 15.8. The Bertz CT molecular complexity index is 1650. The largest absolute Gasteiger partial charge is 0.298 e. The second-order valence-corrected chi connectivity index (χ2v) is 39.0. The van der Waals surface area contributed by atoms with Crippen LogP contribution in [-0.2, 0) is 0 Å². The Morgan fingerprint density at radius 3 is 0.742 bits per heavy atom. The number of hydrogen-bond acceptors (Lipinski definition) is 7. The first-order valence-electron chi connectivity index (χ1n) is 40.6. The molecule has 7 saturated heterocycles. The van der Waals surface area contributed by atoms with E-state index in [-0.39, 0.29) is 0 Å². The smallest absolute Gasteiger partial charge is 0.0149 e. The van der Waals surface area contributed by atoms with Gasteiger partial charge < -0.3 is 0 Å². The Labute approximate surface area is 593 Å². The molecule has 0 aromatic rings. The van der Waals surface area contributed by atoms with E-state index in [0.29, 0.717) is 55.0 Å². The van der Waals surface area contributed by atoms with Crippen molar-refractivity contribution < 1.29 is 0 Å². The lowest BCUT2D eigenvalue weighted by Crippen LogP contribution is -2.55. The highest BCUT2D eigenvalue weighted by Crippen LogP contribution is 2.38. The van der Waals surface area contributed by atoms with Crippen LogP contribution in [0.2, 0.25) is 0 Å². The van der Waals surface area contributed by atoms with Crippen molar-refractivity contribution in [1.82, 2.24) is 34.3 Å². The predicted octanol–water partition coefficient (Wildman–Crippen LogP) is 25.3. The van der Waals surface area contributed by atoms with Gasteiger partial charge in [-0.05, 0) is 337 Å². The average molecular weight is 1320 g/mol. The number of hydrogen-bond donors (Lipinski definition) is 0. The Morgan fingerprint density at radius 2 is 0.505 bits per heavy atom. The monoisotopic (exact) mass is 1320 g/mol. The minimum Gasteiger partial charge on any atom is -0.298 e. The number of rotatable bonds is 1. The van der Waals surface area contributed by atoms with Crippen molar-refractivity contribution in [3.8, 4) is 0 Å². The topological polar surface area (TPSA) is 22.7 Å². The van der Waals surface area contributed by atoms with Crippen LogP contribution in [0.3, 0.4) is 0 Å². The summed E-state index contributed by atoms with van der Waals surface area (Å²) in [6, 6.07) is 4.77. The van der Waals surface area contributed by atoms with Gasteiger partial charge in [-0.15, -0.1) is 0 Å². The molecule has 0 aliphatic carbocycles. The third-order valence-electron chi connectivity index (χ3n) is 20.5. The standard InChI is InChI=1S/C14H29N.2C13H27N.2C10H21N.2C9H19N.4C2H6/c1-13(2,3)11-12-9-7-8-10-15(12)14(4,5)6;1-12(2,3)11-8-7-9-14(10-11)13(4,5)6;1-12(2,3)11-9-7-8-10-14(11)13(4,5)6;2*1-9-7-5-6-8-11(9)10(2,3)4;2*1-8-6-5-7-10(8)9(2,3)4;4*1-2/h12H,7-11H2,1-6H3;2*11H,7-10H2,1-6H3;2*9H,5-8H2,1-4H3;2*8H,5-7H2,1-4H3;4*1-2H3/t;;;9-;;2*8-;;;;/m...0.10..../s1. The van der Waals surface area contributed by atoms with E-state index in [1.165, 1.54) is 174 Å². The summed E-state index contributed by atoms with van der Waals surface area (Å²) in [5, 5.41) is 0. The molecular formula is C86H187N7. The van der Waals surface area contributed by atoms with Gasteiger partial charge in [-0.3, -0.25) is 34.3 Å². The SMILES string of the molecule is CC.CC.CC.CC.CC(C)(C)C1CCCCN1C(C)(C)C.CC(C)(C)C1CCCN(C(C)(C)C)C1.CC(C)(C)CC1CCCCN1C(C)(C)C.CC1CCCCN1C(C)(C)C.C[C@@H]1CCCN1C(C)(C)C.C[C@H]1CCCCN1C(C)(C)C.C[C@H]1CCCN1C(C)(C)C. The quantitative estimate of drug-likeness (QED) is 0.258. The lowest BCUT2D eigenvalue weighted by molar-refractivity contribution is -0.00414. The lowest BCUT2D eigenvalue weighted by Gasteiger charge is -2.50. The van der Waals surface area contributed by atoms with E-state index < -0.39 is 0 Å². The van der Waals surface area contributed by atoms with E-state index in [1.54, 1.807) is 0 Å². The van der Waals surface area contributed by atoms with Gasteiger partial charge in [0.25, 0.3) is 0 Å². The maximum atomic E-state index is 2.72. The predicted molar refractivity (Wildman–Crippen MR) is 430 cm³/mol. The number of nitrogens with zero attached hydrogens (tertiary/aromatic N) is 7. The second kappa shape index (κ2) is 45.6. The van der Waals surface area contributed by atoms with Crippen LogP contribution in [0.5, 0.6) is 0 Å². The van der Waals surface area contributed by atoms with Crippen molar-refractivity contribution in [1.29, 1.82) is 0 Å². The van der Waals surface area contributed by atoms with Gasteiger partial charge in [0.15, 0.2) is 0 Å². The van der Waals surface area contributed by atoms with Crippen molar-refractivity contribution >= 4 is 0 Å². The van der Waals surface area contributed by atoms with Crippen molar-refractivity contribution in [3.63, 3.8) is 0 Å². The molecule has 7 nitrogen and oxygen atoms in total. The summed E-state index contributed by atoms with van der Waals surface area (Å²) in [5.41, 5.74) is 3.91. The van der Waals surface area contributed by atoms with Crippen LogP contribution in [0.25, 0.3) is 0 Å². The number of likely N-dealkylation sites (tertiary alicyclic amines) is 7. The molecule has 7 heterocycles. The molecule has 0 spiro atoms. The van der Waals surface area contributed by atoms with Crippen molar-refractivity contribution in [3.05, 3.63) is 0 Å². The van der Waals surface area contributed by atoms with Gasteiger partial charge in [-0.1, -0.05) is 143 Å². The normalized spacial score (nSPS) is 25.5. The molecular weight excluding hydrogens is 1130 g/mol. The molecule has 7 rings (SSSR count). The highest BCUT2D eigenvalue weighted by atomic mass is 15.3. The Morgan fingerprint density at radius 1 is 0.247 bits per heavy atom. The molecule has 0 saturated carbocycles. The summed E-state index contributed by atoms with van der Waals surface area (Å²) in [5.74, 6) is 0.871. The minimum atomic E-state index is 0.332. The average Bonchev–Trinajstić information content (AvgIpc) is 1.94. The Balaban J connectivity index is -0.000000489. The molecule has 7 aliphatic heterocycles. The summed E-state index contributed by atoms with van der Waals surface area (Å²) in [7, 11) is 0. The zero-order valence-electron chi connectivity index (χ0n) is 73.3. The van der Waals surface area contributed by atoms with E-state index in [9.17, 15) is 0 Å². The van der Waals surface area contributed by atoms with Gasteiger partial charge >= 0.3 is 0 Å². The lowest BCUT2D eigenvalue weighted by atomic mass is 9.75. The van der Waals surface area contributed by atoms with E-state index in [1.807, 2.05) is 55.4 Å². The van der Waals surface area contributed by atoms with E-state index >= 15 is 0 Å². The molecule has 0 radical (unpaired) electrons. The Hall–Kier alpha value is -0.280. The van der Waals surface area contributed by atoms with Crippen LogP contribution in [0.15, 0.2) is 0 Å². The van der Waals surface area contributed by atoms with Crippen LogP contribution in [0.1, 0.15) is 413 Å². The van der Waals surface area contributed by atoms with Crippen LogP contribution in [0.4, 0.5) is 0 Å². The van der Waals surface area contributed by atoms with Gasteiger partial charge in [0.05, 0.1) is 0 Å². The van der Waals surface area contributed by atoms with E-state index in [4.69, 9.17) is 0 Å². The van der Waals surface area contributed by atoms with Crippen LogP contribution in [-0.4, -0.2) is 162 Å². The first-order chi connectivity index (χ1) is 42.2. The molecule has 0 amide bonds. The summed E-state index contributed by atoms with van der Waals surface area (Å²) in [6.45, 7) is 106. The minimum absolute atomic E-state index is 0.332. The molecule has 7 fully saturated rings. The highest BCUT2D eigenvalue weighted by molar-refractivity contribution is 4.94. The zero-order valence-corrected chi connectivity index (χ0v) is 73.3. The van der Waals surface area contributed by atoms with Gasteiger partial charge in [-0.25, -0.2) is 0 Å². The first-order valence-corrected chi connectivity index (χ1v) is 40.6. The van der Waals surface area contributed by atoms with Crippen LogP contribution in [0, 0.1) is 22.2 Å². The van der Waals surface area contributed by atoms with Crippen LogP contribution < -0.4 is 0 Å². The van der Waals surface area contributed by atoms with Crippen LogP contribution >= 0.6 is 0 Å². The van der Waals surface area contributed by atoms with Gasteiger partial charge in [0, 0.05) is 81.6 Å². The molecule has 0 N–H and O–H groups in total. The molecule has 0 aromatic carbocycles. The summed E-state index contributed by atoms with van der Waals surface area (Å²) in [6.07, 6.45) is 26.4. The highest BCUT2D eigenvalue weighted by Gasteiger charge is 2.39. The molecule has 0 aromatic heterocycles. The number of piperidine rings is 5. The molecule has 0 bridgehead atoms. The Kier molecular flexibility index (Phi) is 48.5. The maximum absolute atomic E-state index is 2.72. The van der Waals surface area contributed by atoms with Gasteiger partial charge in [-0.2, -0.15) is 0 Å². The third kappa shape index (κ3) is 41.9. The van der Waals surface area contributed by atoms with Gasteiger partial charge in [0.2, 0.25) is 0 Å². The van der Waals surface area contributed by atoms with Crippen molar-refractivity contribution in [2.24, 2.45) is 22.2 Å². The molecule has 93 heavy (non-hydrogen) atoms. The molecule has 566 valence electrons.